The number of para-hydroxylation sites is 1. The van der Waals surface area contributed by atoms with E-state index in [2.05, 4.69) is 39.8 Å². The molecule has 3 heterocycles. The molecule has 0 amide bonds. The van der Waals surface area contributed by atoms with Gasteiger partial charge in [-0.15, -0.1) is 0 Å². The summed E-state index contributed by atoms with van der Waals surface area (Å²) >= 11 is 0. The summed E-state index contributed by atoms with van der Waals surface area (Å²) in [5.74, 6) is 1.53. The minimum atomic E-state index is 0.494. The second-order valence-corrected chi connectivity index (χ2v) is 6.54. The number of nitrogens with one attached hydrogen (secondary N) is 1. The van der Waals surface area contributed by atoms with E-state index in [-0.39, 0.29) is 0 Å². The van der Waals surface area contributed by atoms with Gasteiger partial charge in [-0.05, 0) is 30.2 Å². The summed E-state index contributed by atoms with van der Waals surface area (Å²) in [5.41, 5.74) is 4.54. The zero-order valence-electron chi connectivity index (χ0n) is 14.4. The van der Waals surface area contributed by atoms with Crippen molar-refractivity contribution in [1.29, 1.82) is 0 Å². The molecule has 5 heteroatoms. The van der Waals surface area contributed by atoms with E-state index in [4.69, 9.17) is 4.74 Å². The van der Waals surface area contributed by atoms with Crippen molar-refractivity contribution >= 4 is 0 Å². The molecule has 0 radical (unpaired) electrons. The quantitative estimate of drug-likeness (QED) is 0.779. The van der Waals surface area contributed by atoms with Crippen LogP contribution in [0.25, 0.3) is 11.3 Å². The van der Waals surface area contributed by atoms with Gasteiger partial charge in [-0.25, -0.2) is 0 Å². The summed E-state index contributed by atoms with van der Waals surface area (Å²) in [5, 5.41) is 8.16. The van der Waals surface area contributed by atoms with E-state index in [0.29, 0.717) is 5.92 Å². The average molecular weight is 334 g/mol. The first kappa shape index (κ1) is 15.8. The monoisotopic (exact) mass is 334 g/mol. The summed E-state index contributed by atoms with van der Waals surface area (Å²) < 4.78 is 7.73. The fourth-order valence-corrected chi connectivity index (χ4v) is 3.35. The number of aryl methyl sites for hydroxylation is 1. The Kier molecular flexibility index (Phi) is 4.48. The van der Waals surface area contributed by atoms with Crippen LogP contribution in [-0.4, -0.2) is 27.9 Å². The molecule has 1 aromatic carbocycles. The number of fused-ring (bicyclic) bond motifs is 1. The summed E-state index contributed by atoms with van der Waals surface area (Å²) in [6, 6.07) is 12.3. The van der Waals surface area contributed by atoms with Crippen LogP contribution in [-0.2, 0) is 20.0 Å². The average Bonchev–Trinajstić information content (AvgIpc) is 3.03. The summed E-state index contributed by atoms with van der Waals surface area (Å²) in [6.45, 7) is 2.48. The lowest BCUT2D eigenvalue weighted by molar-refractivity contribution is 0.218. The van der Waals surface area contributed by atoms with Gasteiger partial charge >= 0.3 is 0 Å². The minimum Gasteiger partial charge on any atom is -0.493 e. The van der Waals surface area contributed by atoms with Crippen molar-refractivity contribution in [2.75, 3.05) is 13.2 Å². The van der Waals surface area contributed by atoms with Crippen LogP contribution in [0.5, 0.6) is 5.75 Å². The molecule has 4 rings (SSSR count). The molecule has 25 heavy (non-hydrogen) atoms. The van der Waals surface area contributed by atoms with Crippen LogP contribution in [0.1, 0.15) is 11.1 Å². The largest absolute Gasteiger partial charge is 0.493 e. The van der Waals surface area contributed by atoms with Crippen LogP contribution in [0.15, 0.2) is 55.0 Å². The van der Waals surface area contributed by atoms with E-state index in [0.717, 1.165) is 43.1 Å². The van der Waals surface area contributed by atoms with Gasteiger partial charge in [0.15, 0.2) is 0 Å². The molecule has 1 aliphatic rings. The third kappa shape index (κ3) is 3.56. The number of hydrogen-bond acceptors (Lipinski definition) is 4. The normalized spacial score (nSPS) is 16.3. The number of ether oxygens (including phenoxy) is 1. The van der Waals surface area contributed by atoms with E-state index in [1.165, 1.54) is 11.1 Å². The molecule has 2 aromatic heterocycles. The molecule has 0 fully saturated rings. The van der Waals surface area contributed by atoms with Crippen molar-refractivity contribution in [2.24, 2.45) is 13.0 Å². The zero-order valence-corrected chi connectivity index (χ0v) is 14.4. The molecule has 0 aliphatic carbocycles. The molecule has 1 aliphatic heterocycles. The van der Waals surface area contributed by atoms with Crippen molar-refractivity contribution in [2.45, 2.75) is 13.0 Å². The van der Waals surface area contributed by atoms with Crippen molar-refractivity contribution in [3.8, 4) is 17.0 Å². The van der Waals surface area contributed by atoms with E-state index in [1.807, 2.05) is 36.1 Å². The van der Waals surface area contributed by atoms with Gasteiger partial charge in [0, 0.05) is 55.8 Å². The molecular formula is C20H22N4O. The van der Waals surface area contributed by atoms with Crippen LogP contribution < -0.4 is 10.1 Å². The van der Waals surface area contributed by atoms with Gasteiger partial charge < -0.3 is 10.1 Å². The molecule has 0 saturated heterocycles. The van der Waals surface area contributed by atoms with Crippen molar-refractivity contribution in [3.63, 3.8) is 0 Å². The Labute approximate surface area is 147 Å². The fraction of sp³-hybridized carbons (Fsp3) is 0.300. The van der Waals surface area contributed by atoms with Crippen molar-refractivity contribution < 1.29 is 4.74 Å². The molecule has 0 saturated carbocycles. The van der Waals surface area contributed by atoms with Gasteiger partial charge in [-0.3, -0.25) is 9.67 Å². The van der Waals surface area contributed by atoms with Crippen LogP contribution in [0.3, 0.4) is 0 Å². The second kappa shape index (κ2) is 7.07. The lowest BCUT2D eigenvalue weighted by atomic mass is 9.96. The lowest BCUT2D eigenvalue weighted by Crippen LogP contribution is -2.31. The number of nitrogens with zero attached hydrogens (tertiary/aromatic N) is 3. The third-order valence-corrected chi connectivity index (χ3v) is 4.54. The molecule has 0 unspecified atom stereocenters. The molecule has 0 spiro atoms. The minimum absolute atomic E-state index is 0.494. The van der Waals surface area contributed by atoms with Crippen LogP contribution in [0, 0.1) is 5.92 Å². The van der Waals surface area contributed by atoms with Gasteiger partial charge in [0.25, 0.3) is 0 Å². The molecule has 3 aromatic rings. The van der Waals surface area contributed by atoms with Crippen LogP contribution in [0.4, 0.5) is 0 Å². The van der Waals surface area contributed by atoms with E-state index in [9.17, 15) is 0 Å². The molecule has 5 nitrogen and oxygen atoms in total. The smallest absolute Gasteiger partial charge is 0.122 e. The standard InChI is InChI=1S/C20H22N4O/c1-24-13-18(20(23-24)17-6-4-8-21-11-17)12-22-10-15-9-16-5-2-3-7-19(16)25-14-15/h2-8,11,13,15,22H,9-10,12,14H2,1H3/t15-/m1/s1. The first-order valence-electron chi connectivity index (χ1n) is 8.64. The highest BCUT2D eigenvalue weighted by atomic mass is 16.5. The number of hydrogen-bond donors (Lipinski definition) is 1. The highest BCUT2D eigenvalue weighted by molar-refractivity contribution is 5.61. The molecule has 1 atom stereocenters. The highest BCUT2D eigenvalue weighted by Crippen LogP contribution is 2.26. The maximum absolute atomic E-state index is 5.87. The second-order valence-electron chi connectivity index (χ2n) is 6.54. The zero-order chi connectivity index (χ0) is 17.1. The van der Waals surface area contributed by atoms with E-state index >= 15 is 0 Å². The van der Waals surface area contributed by atoms with Gasteiger partial charge in [-0.1, -0.05) is 18.2 Å². The van der Waals surface area contributed by atoms with Crippen molar-refractivity contribution in [1.82, 2.24) is 20.1 Å². The molecular weight excluding hydrogens is 312 g/mol. The van der Waals surface area contributed by atoms with Crippen molar-refractivity contribution in [3.05, 3.63) is 66.1 Å². The van der Waals surface area contributed by atoms with E-state index < -0.39 is 0 Å². The Hall–Kier alpha value is -2.66. The summed E-state index contributed by atoms with van der Waals surface area (Å²) in [4.78, 5) is 4.20. The first-order chi connectivity index (χ1) is 12.3. The first-order valence-corrected chi connectivity index (χ1v) is 8.64. The topological polar surface area (TPSA) is 52.0 Å². The molecule has 128 valence electrons. The Bertz CT molecular complexity index is 844. The fourth-order valence-electron chi connectivity index (χ4n) is 3.35. The SMILES string of the molecule is Cn1cc(CNC[C@@H]2COc3ccccc3C2)c(-c2cccnc2)n1. The summed E-state index contributed by atoms with van der Waals surface area (Å²) in [7, 11) is 1.95. The maximum atomic E-state index is 5.87. The Morgan fingerprint density at radius 2 is 2.16 bits per heavy atom. The Morgan fingerprint density at radius 3 is 3.04 bits per heavy atom. The predicted octanol–water partition coefficient (Wildman–Crippen LogP) is 2.82. The number of pyridine rings is 1. The number of rotatable bonds is 5. The Balaban J connectivity index is 1.38. The number of aromatic nitrogens is 3. The summed E-state index contributed by atoms with van der Waals surface area (Å²) in [6.07, 6.45) is 6.77. The molecule has 1 N–H and O–H groups in total. The predicted molar refractivity (Wildman–Crippen MR) is 97.3 cm³/mol. The van der Waals surface area contributed by atoms with Gasteiger partial charge in [0.05, 0.1) is 12.3 Å². The van der Waals surface area contributed by atoms with Crippen LogP contribution >= 0.6 is 0 Å². The molecule has 0 bridgehead atoms. The van der Waals surface area contributed by atoms with Crippen LogP contribution in [0.2, 0.25) is 0 Å². The highest BCUT2D eigenvalue weighted by Gasteiger charge is 2.19. The Morgan fingerprint density at radius 1 is 1.24 bits per heavy atom. The van der Waals surface area contributed by atoms with Gasteiger partial charge in [0.1, 0.15) is 5.75 Å². The third-order valence-electron chi connectivity index (χ3n) is 4.54. The number of benzene rings is 1. The lowest BCUT2D eigenvalue weighted by Gasteiger charge is -2.25. The van der Waals surface area contributed by atoms with E-state index in [1.54, 1.807) is 6.20 Å². The maximum Gasteiger partial charge on any atom is 0.122 e. The van der Waals surface area contributed by atoms with Gasteiger partial charge in [0.2, 0.25) is 0 Å². The van der Waals surface area contributed by atoms with Gasteiger partial charge in [-0.2, -0.15) is 5.10 Å².